The van der Waals surface area contributed by atoms with Crippen molar-refractivity contribution in [3.8, 4) is 11.4 Å². The van der Waals surface area contributed by atoms with Crippen molar-refractivity contribution in [2.45, 2.75) is 58.5 Å². The van der Waals surface area contributed by atoms with Gasteiger partial charge in [0.2, 0.25) is 0 Å². The van der Waals surface area contributed by atoms with Crippen molar-refractivity contribution in [3.05, 3.63) is 52.1 Å². The number of hydrogen-bond donors (Lipinski definition) is 1. The lowest BCUT2D eigenvalue weighted by Gasteiger charge is -2.29. The van der Waals surface area contributed by atoms with E-state index in [1.165, 1.54) is 21.7 Å². The number of nitrogens with one attached hydrogen (secondary N) is 1. The first-order valence-corrected chi connectivity index (χ1v) is 11.7. The van der Waals surface area contributed by atoms with Crippen molar-refractivity contribution in [2.24, 2.45) is 20.0 Å². The molecular formula is C24H31FN6O3. The van der Waals surface area contributed by atoms with Gasteiger partial charge in [0.25, 0.3) is 5.91 Å². The molecule has 0 saturated heterocycles. The molecule has 0 unspecified atom stereocenters. The first kappa shape index (κ1) is 23.7. The second-order valence-electron chi connectivity index (χ2n) is 8.84. The number of amides is 1. The van der Waals surface area contributed by atoms with Gasteiger partial charge in [-0.15, -0.1) is 5.10 Å². The number of rotatable bonds is 7. The van der Waals surface area contributed by atoms with Crippen molar-refractivity contribution in [1.82, 2.24) is 24.1 Å². The number of hydrogen-bond acceptors (Lipinski definition) is 5. The Morgan fingerprint density at radius 3 is 2.62 bits per heavy atom. The third-order valence-electron chi connectivity index (χ3n) is 6.60. The van der Waals surface area contributed by atoms with Gasteiger partial charge in [-0.3, -0.25) is 14.0 Å². The molecule has 0 spiro atoms. The molecule has 0 aliphatic heterocycles. The van der Waals surface area contributed by atoms with Crippen LogP contribution in [0.25, 0.3) is 5.69 Å². The fraction of sp³-hybridized carbons (Fsp3) is 0.500. The summed E-state index contributed by atoms with van der Waals surface area (Å²) < 4.78 is 25.5. The fourth-order valence-electron chi connectivity index (χ4n) is 4.50. The molecule has 9 nitrogen and oxygen atoms in total. The van der Waals surface area contributed by atoms with Crippen LogP contribution >= 0.6 is 0 Å². The maximum absolute atomic E-state index is 15.3. The van der Waals surface area contributed by atoms with E-state index in [0.29, 0.717) is 24.0 Å². The summed E-state index contributed by atoms with van der Waals surface area (Å²) in [4.78, 5) is 25.8. The van der Waals surface area contributed by atoms with Crippen molar-refractivity contribution in [2.75, 3.05) is 5.32 Å². The summed E-state index contributed by atoms with van der Waals surface area (Å²) in [5, 5.41) is 11.1. The van der Waals surface area contributed by atoms with Gasteiger partial charge in [-0.05, 0) is 31.7 Å². The smallest absolute Gasteiger partial charge is 0.350 e. The Kier molecular flexibility index (Phi) is 6.85. The SMILES string of the molecule is CCc1nn(-c2cc(O[C@@H](C)C3CCCCC3)c(C(=O)Nc3ccnn3C)cc2F)c(=O)n1C. The van der Waals surface area contributed by atoms with Gasteiger partial charge in [-0.1, -0.05) is 26.2 Å². The summed E-state index contributed by atoms with van der Waals surface area (Å²) >= 11 is 0. The first-order valence-electron chi connectivity index (χ1n) is 11.7. The van der Waals surface area contributed by atoms with Gasteiger partial charge in [-0.25, -0.2) is 9.18 Å². The molecule has 1 atom stereocenters. The number of carbonyl (C=O) groups is 1. The molecule has 2 heterocycles. The van der Waals surface area contributed by atoms with Gasteiger partial charge in [0, 0.05) is 32.6 Å². The zero-order valence-corrected chi connectivity index (χ0v) is 20.0. The first-order chi connectivity index (χ1) is 16.3. The van der Waals surface area contributed by atoms with E-state index in [2.05, 4.69) is 15.5 Å². The summed E-state index contributed by atoms with van der Waals surface area (Å²) in [5.74, 6) is 0.289. The Morgan fingerprint density at radius 1 is 1.26 bits per heavy atom. The monoisotopic (exact) mass is 470 g/mol. The molecular weight excluding hydrogens is 439 g/mol. The maximum Gasteiger partial charge on any atom is 0.350 e. The van der Waals surface area contributed by atoms with Crippen LogP contribution in [0.5, 0.6) is 5.75 Å². The summed E-state index contributed by atoms with van der Waals surface area (Å²) in [6.45, 7) is 3.85. The number of halogens is 1. The lowest BCUT2D eigenvalue weighted by atomic mass is 9.86. The Balaban J connectivity index is 1.75. The van der Waals surface area contributed by atoms with Crippen LogP contribution in [-0.4, -0.2) is 36.1 Å². The van der Waals surface area contributed by atoms with Crippen LogP contribution in [0.1, 0.15) is 62.1 Å². The van der Waals surface area contributed by atoms with E-state index in [4.69, 9.17) is 4.74 Å². The van der Waals surface area contributed by atoms with E-state index in [-0.39, 0.29) is 23.1 Å². The number of benzene rings is 1. The van der Waals surface area contributed by atoms with Gasteiger partial charge >= 0.3 is 5.69 Å². The average Bonchev–Trinajstić information content (AvgIpc) is 3.37. The van der Waals surface area contributed by atoms with Crippen LogP contribution in [0.4, 0.5) is 10.2 Å². The molecule has 1 aliphatic rings. The number of aryl methyl sites for hydroxylation is 2. The third kappa shape index (κ3) is 4.62. The fourth-order valence-corrected chi connectivity index (χ4v) is 4.50. The lowest BCUT2D eigenvalue weighted by Crippen LogP contribution is -2.28. The molecule has 1 saturated carbocycles. The highest BCUT2D eigenvalue weighted by Crippen LogP contribution is 2.32. The third-order valence-corrected chi connectivity index (χ3v) is 6.60. The lowest BCUT2D eigenvalue weighted by molar-refractivity contribution is 0.0996. The summed E-state index contributed by atoms with van der Waals surface area (Å²) in [5.41, 5.74) is -0.470. The molecule has 3 aromatic rings. The zero-order valence-electron chi connectivity index (χ0n) is 20.0. The van der Waals surface area contributed by atoms with Gasteiger partial charge in [-0.2, -0.15) is 9.78 Å². The summed E-state index contributed by atoms with van der Waals surface area (Å²) in [7, 11) is 3.29. The normalized spacial score (nSPS) is 15.3. The molecule has 182 valence electrons. The Bertz CT molecular complexity index is 1240. The van der Waals surface area contributed by atoms with E-state index in [1.54, 1.807) is 26.4 Å². The number of ether oxygens (including phenoxy) is 1. The molecule has 1 N–H and O–H groups in total. The minimum atomic E-state index is -0.740. The highest BCUT2D eigenvalue weighted by atomic mass is 19.1. The molecule has 1 aliphatic carbocycles. The molecule has 0 bridgehead atoms. The van der Waals surface area contributed by atoms with Gasteiger partial charge in [0.15, 0.2) is 0 Å². The van der Waals surface area contributed by atoms with Crippen LogP contribution in [-0.2, 0) is 20.5 Å². The number of nitrogens with zero attached hydrogens (tertiary/aromatic N) is 5. The quantitative estimate of drug-likeness (QED) is 0.569. The topological polar surface area (TPSA) is 96.0 Å². The standard InChI is InChI=1S/C24H31FN6O3/c1-5-21-28-31(24(33)29(21)3)19-14-20(34-15(2)16-9-7-6-8-10-16)17(13-18(19)25)23(32)27-22-11-12-26-30(22)4/h11-16H,5-10H2,1-4H3,(H,27,32)/t15-/m0/s1. The van der Waals surface area contributed by atoms with Gasteiger partial charge in [0.1, 0.15) is 28.9 Å². The van der Waals surface area contributed by atoms with Crippen molar-refractivity contribution in [1.29, 1.82) is 0 Å². The Morgan fingerprint density at radius 2 is 2.00 bits per heavy atom. The molecule has 1 fully saturated rings. The minimum absolute atomic E-state index is 0.0461. The van der Waals surface area contributed by atoms with E-state index in [9.17, 15) is 9.59 Å². The van der Waals surface area contributed by atoms with E-state index in [1.807, 2.05) is 13.8 Å². The van der Waals surface area contributed by atoms with Crippen molar-refractivity contribution >= 4 is 11.7 Å². The van der Waals surface area contributed by atoms with E-state index < -0.39 is 17.4 Å². The predicted octanol–water partition coefficient (Wildman–Crippen LogP) is 3.61. The molecule has 4 rings (SSSR count). The second kappa shape index (κ2) is 9.82. The van der Waals surface area contributed by atoms with Crippen LogP contribution in [0.2, 0.25) is 0 Å². The maximum atomic E-state index is 15.3. The van der Waals surface area contributed by atoms with Crippen LogP contribution in [0.15, 0.2) is 29.2 Å². The Labute approximate surface area is 197 Å². The van der Waals surface area contributed by atoms with Gasteiger partial charge in [0.05, 0.1) is 17.9 Å². The number of carbonyl (C=O) groups excluding carboxylic acids is 1. The molecule has 2 aromatic heterocycles. The van der Waals surface area contributed by atoms with Crippen LogP contribution in [0, 0.1) is 11.7 Å². The van der Waals surface area contributed by atoms with Gasteiger partial charge < -0.3 is 10.1 Å². The Hall–Kier alpha value is -3.43. The summed E-state index contributed by atoms with van der Waals surface area (Å²) in [6, 6.07) is 4.16. The van der Waals surface area contributed by atoms with E-state index >= 15 is 4.39 Å². The average molecular weight is 471 g/mol. The number of anilines is 1. The van der Waals surface area contributed by atoms with E-state index in [0.717, 1.165) is 36.4 Å². The highest BCUT2D eigenvalue weighted by Gasteiger charge is 2.26. The largest absolute Gasteiger partial charge is 0.490 e. The van der Waals surface area contributed by atoms with Crippen LogP contribution < -0.4 is 15.7 Å². The van der Waals surface area contributed by atoms with Crippen molar-refractivity contribution in [3.63, 3.8) is 0 Å². The highest BCUT2D eigenvalue weighted by molar-refractivity contribution is 6.06. The van der Waals surface area contributed by atoms with Crippen molar-refractivity contribution < 1.29 is 13.9 Å². The molecule has 1 amide bonds. The molecule has 0 radical (unpaired) electrons. The second-order valence-corrected chi connectivity index (χ2v) is 8.84. The predicted molar refractivity (Wildman–Crippen MR) is 126 cm³/mol. The molecule has 34 heavy (non-hydrogen) atoms. The zero-order chi connectivity index (χ0) is 24.4. The summed E-state index contributed by atoms with van der Waals surface area (Å²) in [6.07, 6.45) is 7.50. The molecule has 1 aromatic carbocycles. The minimum Gasteiger partial charge on any atom is -0.490 e. The van der Waals surface area contributed by atoms with Crippen LogP contribution in [0.3, 0.4) is 0 Å². The number of aromatic nitrogens is 5. The molecule has 10 heteroatoms.